The number of rotatable bonds is 0. The van der Waals surface area contributed by atoms with E-state index < -0.39 is 0 Å². The summed E-state index contributed by atoms with van der Waals surface area (Å²) < 4.78 is 0. The fourth-order valence-electron chi connectivity index (χ4n) is 0.523. The number of hydrogen-bond donors (Lipinski definition) is 1. The van der Waals surface area contributed by atoms with Gasteiger partial charge in [-0.3, -0.25) is 0 Å². The lowest BCUT2D eigenvalue weighted by molar-refractivity contribution is 0.476. The number of hydrogen-bond acceptors (Lipinski definition) is 1. The molecular formula is C6H6ClOP. The van der Waals surface area contributed by atoms with Gasteiger partial charge in [-0.05, 0) is 17.4 Å². The van der Waals surface area contributed by atoms with Gasteiger partial charge in [-0.15, -0.1) is 9.24 Å². The first kappa shape index (κ1) is 6.85. The molecule has 1 unspecified atom stereocenters. The third-order valence-electron chi connectivity index (χ3n) is 0.972. The average molecular weight is 161 g/mol. The summed E-state index contributed by atoms with van der Waals surface area (Å²) in [7, 11) is 2.49. The fraction of sp³-hybridized carbons (Fsp3) is 0. The van der Waals surface area contributed by atoms with E-state index in [2.05, 4.69) is 9.24 Å². The Hall–Kier alpha value is -0.260. The molecule has 0 saturated carbocycles. The maximum absolute atomic E-state index is 8.90. The molecule has 0 fully saturated rings. The second-order valence-electron chi connectivity index (χ2n) is 1.71. The molecule has 9 heavy (non-hydrogen) atoms. The minimum atomic E-state index is 0.128. The normalized spacial score (nSPS) is 9.56. The minimum Gasteiger partial charge on any atom is -0.506 e. The van der Waals surface area contributed by atoms with Crippen LogP contribution < -0.4 is 5.30 Å². The van der Waals surface area contributed by atoms with Crippen LogP contribution in [0.4, 0.5) is 0 Å². The number of phenolic OH excluding ortho intramolecular Hbond substituents is 1. The Balaban J connectivity index is 3.17. The Bertz CT molecular complexity index is 224. The van der Waals surface area contributed by atoms with Gasteiger partial charge in [-0.2, -0.15) is 0 Å². The van der Waals surface area contributed by atoms with Crippen molar-refractivity contribution in [1.82, 2.24) is 0 Å². The Kier molecular flexibility index (Phi) is 1.94. The Labute approximate surface area is 60.9 Å². The van der Waals surface area contributed by atoms with Gasteiger partial charge in [-0.1, -0.05) is 17.7 Å². The molecule has 3 heteroatoms. The van der Waals surface area contributed by atoms with E-state index in [9.17, 15) is 0 Å². The maximum Gasteiger partial charge on any atom is 0.134 e. The molecule has 1 aromatic rings. The lowest BCUT2D eigenvalue weighted by Crippen LogP contribution is -1.86. The van der Waals surface area contributed by atoms with Crippen LogP contribution in [0.2, 0.25) is 5.02 Å². The molecule has 0 saturated heterocycles. The van der Waals surface area contributed by atoms with Crippen molar-refractivity contribution in [1.29, 1.82) is 0 Å². The summed E-state index contributed by atoms with van der Waals surface area (Å²) in [5, 5.41) is 10.3. The maximum atomic E-state index is 8.90. The largest absolute Gasteiger partial charge is 0.506 e. The van der Waals surface area contributed by atoms with Crippen molar-refractivity contribution in [2.45, 2.75) is 0 Å². The predicted molar refractivity (Wildman–Crippen MR) is 42.5 cm³/mol. The van der Waals surface area contributed by atoms with E-state index in [1.165, 1.54) is 0 Å². The second kappa shape index (κ2) is 2.55. The number of aromatic hydroxyl groups is 1. The first-order valence-electron chi connectivity index (χ1n) is 2.44. The molecule has 0 heterocycles. The van der Waals surface area contributed by atoms with Crippen LogP contribution >= 0.6 is 20.8 Å². The summed E-state index contributed by atoms with van der Waals surface area (Å²) in [6, 6.07) is 5.01. The zero-order valence-corrected chi connectivity index (χ0v) is 6.55. The average Bonchev–Trinajstić information content (AvgIpc) is 1.80. The van der Waals surface area contributed by atoms with Gasteiger partial charge in [0.15, 0.2) is 0 Å². The number of benzene rings is 1. The first-order valence-corrected chi connectivity index (χ1v) is 3.39. The summed E-state index contributed by atoms with van der Waals surface area (Å²) in [5.41, 5.74) is 0. The zero-order valence-electron chi connectivity index (χ0n) is 4.63. The van der Waals surface area contributed by atoms with E-state index in [1.54, 1.807) is 18.2 Å². The summed E-state index contributed by atoms with van der Waals surface area (Å²) in [6.45, 7) is 0. The van der Waals surface area contributed by atoms with Crippen LogP contribution in [0.5, 0.6) is 5.75 Å². The molecule has 0 aliphatic rings. The number of phenols is 1. The lowest BCUT2D eigenvalue weighted by atomic mass is 10.3. The SMILES string of the molecule is Oc1ccc(P)cc1Cl. The highest BCUT2D eigenvalue weighted by Gasteiger charge is 1.94. The van der Waals surface area contributed by atoms with Crippen LogP contribution in [0, 0.1) is 0 Å². The molecule has 0 amide bonds. The standard InChI is InChI=1S/C6H6ClOP/c7-5-3-4(9)1-2-6(5)8/h1-3,8H,9H2. The Morgan fingerprint density at radius 1 is 1.44 bits per heavy atom. The molecule has 0 aliphatic carbocycles. The zero-order chi connectivity index (χ0) is 6.85. The molecule has 1 aromatic carbocycles. The van der Waals surface area contributed by atoms with Crippen LogP contribution in [0.3, 0.4) is 0 Å². The minimum absolute atomic E-state index is 0.128. The van der Waals surface area contributed by atoms with Crippen molar-refractivity contribution in [3.05, 3.63) is 23.2 Å². The molecular weight excluding hydrogens is 154 g/mol. The van der Waals surface area contributed by atoms with E-state index in [4.69, 9.17) is 16.7 Å². The Morgan fingerprint density at radius 3 is 2.56 bits per heavy atom. The molecule has 1 nitrogen and oxygen atoms in total. The van der Waals surface area contributed by atoms with Gasteiger partial charge < -0.3 is 5.11 Å². The fourth-order valence-corrected chi connectivity index (χ4v) is 1.08. The van der Waals surface area contributed by atoms with E-state index >= 15 is 0 Å². The second-order valence-corrected chi connectivity index (χ2v) is 2.78. The summed E-state index contributed by atoms with van der Waals surface area (Å²) >= 11 is 5.55. The molecule has 1 N–H and O–H groups in total. The van der Waals surface area contributed by atoms with Crippen molar-refractivity contribution in [2.75, 3.05) is 0 Å². The van der Waals surface area contributed by atoms with Gasteiger partial charge >= 0.3 is 0 Å². The predicted octanol–water partition coefficient (Wildman–Crippen LogP) is 1.55. The highest BCUT2D eigenvalue weighted by molar-refractivity contribution is 7.27. The van der Waals surface area contributed by atoms with E-state index in [-0.39, 0.29) is 5.75 Å². The van der Waals surface area contributed by atoms with Crippen molar-refractivity contribution in [3.63, 3.8) is 0 Å². The van der Waals surface area contributed by atoms with Crippen LogP contribution in [0.1, 0.15) is 0 Å². The van der Waals surface area contributed by atoms with Gasteiger partial charge in [0, 0.05) is 0 Å². The van der Waals surface area contributed by atoms with E-state index in [0.29, 0.717) is 5.02 Å². The van der Waals surface area contributed by atoms with Gasteiger partial charge in [0.05, 0.1) is 5.02 Å². The van der Waals surface area contributed by atoms with Gasteiger partial charge in [0.1, 0.15) is 5.75 Å². The summed E-state index contributed by atoms with van der Waals surface area (Å²) in [6.07, 6.45) is 0. The van der Waals surface area contributed by atoms with Crippen LogP contribution in [0.15, 0.2) is 18.2 Å². The third-order valence-corrected chi connectivity index (χ3v) is 1.63. The highest BCUT2D eigenvalue weighted by atomic mass is 35.5. The van der Waals surface area contributed by atoms with Crippen molar-refractivity contribution in [3.8, 4) is 5.75 Å². The Morgan fingerprint density at radius 2 is 2.11 bits per heavy atom. The van der Waals surface area contributed by atoms with Crippen LogP contribution in [-0.4, -0.2) is 5.11 Å². The third kappa shape index (κ3) is 1.57. The van der Waals surface area contributed by atoms with Crippen LogP contribution in [-0.2, 0) is 0 Å². The van der Waals surface area contributed by atoms with E-state index in [0.717, 1.165) is 5.30 Å². The molecule has 0 aliphatic heterocycles. The molecule has 0 bridgehead atoms. The summed E-state index contributed by atoms with van der Waals surface area (Å²) in [4.78, 5) is 0. The number of halogens is 1. The van der Waals surface area contributed by atoms with Gasteiger partial charge in [0.25, 0.3) is 0 Å². The molecule has 0 aromatic heterocycles. The molecule has 48 valence electrons. The molecule has 0 spiro atoms. The van der Waals surface area contributed by atoms with E-state index in [1.807, 2.05) is 0 Å². The molecule has 1 atom stereocenters. The van der Waals surface area contributed by atoms with Gasteiger partial charge in [0.2, 0.25) is 0 Å². The van der Waals surface area contributed by atoms with Crippen molar-refractivity contribution < 1.29 is 5.11 Å². The highest BCUT2D eigenvalue weighted by Crippen LogP contribution is 2.20. The molecule has 0 radical (unpaired) electrons. The first-order chi connectivity index (χ1) is 4.20. The lowest BCUT2D eigenvalue weighted by Gasteiger charge is -1.94. The summed E-state index contributed by atoms with van der Waals surface area (Å²) in [5.74, 6) is 0.128. The van der Waals surface area contributed by atoms with Crippen molar-refractivity contribution >= 4 is 26.1 Å². The smallest absolute Gasteiger partial charge is 0.134 e. The quantitative estimate of drug-likeness (QED) is 0.571. The van der Waals surface area contributed by atoms with Crippen LogP contribution in [0.25, 0.3) is 0 Å². The van der Waals surface area contributed by atoms with Gasteiger partial charge in [-0.25, -0.2) is 0 Å². The topological polar surface area (TPSA) is 20.2 Å². The van der Waals surface area contributed by atoms with Crippen molar-refractivity contribution in [2.24, 2.45) is 0 Å². The molecule has 1 rings (SSSR count). The monoisotopic (exact) mass is 160 g/mol.